The number of carbonyl (C=O) groups excluding carboxylic acids is 2. The summed E-state index contributed by atoms with van der Waals surface area (Å²) in [6.07, 6.45) is 4.28. The van der Waals surface area contributed by atoms with E-state index < -0.39 is 21.5 Å². The number of aromatic nitrogens is 1. The predicted molar refractivity (Wildman–Crippen MR) is 124 cm³/mol. The Morgan fingerprint density at radius 1 is 1.12 bits per heavy atom. The lowest BCUT2D eigenvalue weighted by atomic mass is 9.90. The molecule has 0 radical (unpaired) electrons. The molecule has 2 aromatic rings. The van der Waals surface area contributed by atoms with Crippen molar-refractivity contribution in [1.82, 2.24) is 9.88 Å². The monoisotopic (exact) mass is 485 g/mol. The van der Waals surface area contributed by atoms with Crippen molar-refractivity contribution < 1.29 is 27.5 Å². The number of cyclic esters (lactones) is 1. The molecule has 1 spiro atoms. The molecular formula is C24H27N3O6S. The van der Waals surface area contributed by atoms with Crippen LogP contribution in [0.5, 0.6) is 0 Å². The number of esters is 1. The Kier molecular flexibility index (Phi) is 5.60. The van der Waals surface area contributed by atoms with Gasteiger partial charge in [0.1, 0.15) is 18.0 Å². The Morgan fingerprint density at radius 2 is 1.88 bits per heavy atom. The highest BCUT2D eigenvalue weighted by atomic mass is 32.2. The maximum absolute atomic E-state index is 12.6. The molecule has 4 heterocycles. The van der Waals surface area contributed by atoms with Gasteiger partial charge in [0.25, 0.3) is 0 Å². The molecule has 0 aliphatic carbocycles. The first-order chi connectivity index (χ1) is 16.2. The molecule has 0 N–H and O–H groups in total. The first kappa shape index (κ1) is 22.8. The third-order valence-corrected chi connectivity index (χ3v) is 8.24. The summed E-state index contributed by atoms with van der Waals surface area (Å²) in [4.78, 5) is 32.5. The third kappa shape index (κ3) is 4.16. The zero-order chi connectivity index (χ0) is 24.1. The number of likely N-dealkylation sites (tertiary alicyclic amines) is 1. The summed E-state index contributed by atoms with van der Waals surface area (Å²) in [6.45, 7) is 5.32. The molecule has 0 unspecified atom stereocenters. The molecule has 2 saturated heterocycles. The Balaban J connectivity index is 1.18. The Labute approximate surface area is 198 Å². The average Bonchev–Trinajstić information content (AvgIpc) is 3.34. The molecule has 1 aromatic carbocycles. The maximum Gasteiger partial charge on any atom is 0.416 e. The minimum Gasteiger partial charge on any atom is -0.457 e. The highest BCUT2D eigenvalue weighted by Crippen LogP contribution is 2.35. The van der Waals surface area contributed by atoms with Crippen molar-refractivity contribution >= 4 is 27.7 Å². The van der Waals surface area contributed by atoms with Crippen LogP contribution in [-0.2, 0) is 32.3 Å². The molecule has 0 atom stereocenters. The van der Waals surface area contributed by atoms with Crippen LogP contribution >= 0.6 is 0 Å². The topological polar surface area (TPSA) is 106 Å². The van der Waals surface area contributed by atoms with Gasteiger partial charge in [0.15, 0.2) is 9.84 Å². The number of ether oxygens (including phenoxy) is 2. The number of rotatable bonds is 5. The van der Waals surface area contributed by atoms with E-state index in [1.165, 1.54) is 22.7 Å². The van der Waals surface area contributed by atoms with E-state index in [0.717, 1.165) is 56.3 Å². The number of carbonyl (C=O) groups is 2. The first-order valence-electron chi connectivity index (χ1n) is 11.3. The van der Waals surface area contributed by atoms with E-state index in [9.17, 15) is 18.0 Å². The first-order valence-corrected chi connectivity index (χ1v) is 13.2. The van der Waals surface area contributed by atoms with Gasteiger partial charge in [-0.1, -0.05) is 6.07 Å². The van der Waals surface area contributed by atoms with Crippen molar-refractivity contribution in [2.75, 3.05) is 37.3 Å². The summed E-state index contributed by atoms with van der Waals surface area (Å²) in [6, 6.07) is 6.89. The second-order valence-electron chi connectivity index (χ2n) is 9.30. The fourth-order valence-electron chi connectivity index (χ4n) is 4.94. The van der Waals surface area contributed by atoms with Crippen LogP contribution in [0.25, 0.3) is 0 Å². The average molecular weight is 486 g/mol. The van der Waals surface area contributed by atoms with Crippen LogP contribution in [0.15, 0.2) is 35.4 Å². The van der Waals surface area contributed by atoms with Gasteiger partial charge >= 0.3 is 12.1 Å². The summed E-state index contributed by atoms with van der Waals surface area (Å²) < 4.78 is 34.3. The number of nitrogens with zero attached hydrogens (tertiary/aromatic N) is 3. The van der Waals surface area contributed by atoms with Gasteiger partial charge in [-0.15, -0.1) is 0 Å². The van der Waals surface area contributed by atoms with Gasteiger partial charge < -0.3 is 14.4 Å². The zero-order valence-electron chi connectivity index (χ0n) is 19.2. The van der Waals surface area contributed by atoms with Gasteiger partial charge in [-0.25, -0.2) is 23.0 Å². The molecule has 2 fully saturated rings. The molecule has 1 aromatic heterocycles. The smallest absolute Gasteiger partial charge is 0.416 e. The zero-order valence-corrected chi connectivity index (χ0v) is 20.1. The van der Waals surface area contributed by atoms with E-state index in [1.807, 2.05) is 19.1 Å². The number of amides is 1. The minimum absolute atomic E-state index is 0.115. The van der Waals surface area contributed by atoms with Crippen molar-refractivity contribution in [3.8, 4) is 0 Å². The minimum atomic E-state index is -3.35. The highest BCUT2D eigenvalue weighted by molar-refractivity contribution is 7.90. The van der Waals surface area contributed by atoms with Crippen molar-refractivity contribution in [1.29, 1.82) is 0 Å². The van der Waals surface area contributed by atoms with Crippen LogP contribution in [0.4, 0.5) is 10.6 Å². The molecule has 3 aliphatic heterocycles. The number of hydrogen-bond acceptors (Lipinski definition) is 8. The summed E-state index contributed by atoms with van der Waals surface area (Å²) in [5.41, 5.74) is 3.47. The van der Waals surface area contributed by atoms with Gasteiger partial charge in [-0.2, -0.15) is 0 Å². The van der Waals surface area contributed by atoms with Crippen LogP contribution < -0.4 is 4.90 Å². The molecule has 180 valence electrons. The number of benzene rings is 1. The largest absolute Gasteiger partial charge is 0.457 e. The fraction of sp³-hybridized carbons (Fsp3) is 0.458. The van der Waals surface area contributed by atoms with Crippen LogP contribution in [-0.4, -0.2) is 68.4 Å². The van der Waals surface area contributed by atoms with Crippen molar-refractivity contribution in [3.05, 3.63) is 52.7 Å². The molecule has 0 saturated carbocycles. The SMILES string of the molecule is Cc1c(CCN2CCC3(CC2)CN(c2ccc(S(C)(=O)=O)cn2)C(=O)O3)ccc2c1COC2=O. The molecule has 3 aliphatic rings. The summed E-state index contributed by atoms with van der Waals surface area (Å²) in [5, 5.41) is 0. The number of sulfone groups is 1. The van der Waals surface area contributed by atoms with E-state index in [-0.39, 0.29) is 10.9 Å². The molecular weight excluding hydrogens is 458 g/mol. The lowest BCUT2D eigenvalue weighted by molar-refractivity contribution is 0.00124. The molecule has 9 nitrogen and oxygen atoms in total. The van der Waals surface area contributed by atoms with Gasteiger partial charge in [-0.05, 0) is 42.7 Å². The Hall–Kier alpha value is -2.98. The highest BCUT2D eigenvalue weighted by Gasteiger charge is 2.47. The van der Waals surface area contributed by atoms with Crippen molar-refractivity contribution in [2.45, 2.75) is 43.3 Å². The van der Waals surface area contributed by atoms with Crippen LogP contribution in [0.2, 0.25) is 0 Å². The molecule has 5 rings (SSSR count). The van der Waals surface area contributed by atoms with Gasteiger partial charge in [0.2, 0.25) is 0 Å². The van der Waals surface area contributed by atoms with E-state index in [1.54, 1.807) is 6.07 Å². The van der Waals surface area contributed by atoms with Gasteiger partial charge in [0.05, 0.1) is 17.0 Å². The Bertz CT molecular complexity index is 1250. The van der Waals surface area contributed by atoms with Crippen molar-refractivity contribution in [2.24, 2.45) is 0 Å². The Morgan fingerprint density at radius 3 is 2.56 bits per heavy atom. The number of anilines is 1. The van der Waals surface area contributed by atoms with Crippen molar-refractivity contribution in [3.63, 3.8) is 0 Å². The molecule has 0 bridgehead atoms. The quantitative estimate of drug-likeness (QED) is 0.595. The lowest BCUT2D eigenvalue weighted by Crippen LogP contribution is -2.47. The second-order valence-corrected chi connectivity index (χ2v) is 11.3. The van der Waals surface area contributed by atoms with E-state index in [0.29, 0.717) is 24.5 Å². The van der Waals surface area contributed by atoms with Gasteiger partial charge in [-0.3, -0.25) is 4.90 Å². The standard InChI is InChI=1S/C24H27N3O6S/c1-16-17(3-5-19-20(16)14-32-22(19)28)7-10-26-11-8-24(9-12-26)15-27(23(29)33-24)21-6-4-18(13-25-21)34(2,30)31/h3-6,13H,7-12,14-15H2,1-2H3. The number of pyridine rings is 1. The molecule has 34 heavy (non-hydrogen) atoms. The van der Waals surface area contributed by atoms with E-state index >= 15 is 0 Å². The normalized spacial score (nSPS) is 19.9. The second kappa shape index (κ2) is 8.35. The number of hydrogen-bond donors (Lipinski definition) is 0. The maximum atomic E-state index is 12.6. The molecule has 10 heteroatoms. The lowest BCUT2D eigenvalue weighted by Gasteiger charge is -2.37. The van der Waals surface area contributed by atoms with Gasteiger partial charge in [0, 0.05) is 50.5 Å². The number of piperidine rings is 1. The summed E-state index contributed by atoms with van der Waals surface area (Å²) in [5.74, 6) is 0.152. The predicted octanol–water partition coefficient (Wildman–Crippen LogP) is 2.50. The van der Waals surface area contributed by atoms with E-state index in [4.69, 9.17) is 9.47 Å². The third-order valence-electron chi connectivity index (χ3n) is 7.14. The van der Waals surface area contributed by atoms with Crippen LogP contribution in [0.3, 0.4) is 0 Å². The fourth-order valence-corrected chi connectivity index (χ4v) is 5.50. The van der Waals surface area contributed by atoms with Crippen LogP contribution in [0.1, 0.15) is 39.9 Å². The molecule has 1 amide bonds. The van der Waals surface area contributed by atoms with E-state index in [2.05, 4.69) is 9.88 Å². The summed E-state index contributed by atoms with van der Waals surface area (Å²) >= 11 is 0. The van der Waals surface area contributed by atoms with Crippen LogP contribution in [0, 0.1) is 6.92 Å². The number of fused-ring (bicyclic) bond motifs is 1. The summed E-state index contributed by atoms with van der Waals surface area (Å²) in [7, 11) is -3.35.